The maximum Gasteiger partial charge on any atom is 0.240 e. The first-order valence-corrected chi connectivity index (χ1v) is 8.20. The van der Waals surface area contributed by atoms with Gasteiger partial charge in [0.05, 0.1) is 0 Å². The topological polar surface area (TPSA) is 58.2 Å². The van der Waals surface area contributed by atoms with Crippen LogP contribution >= 0.6 is 0 Å². The van der Waals surface area contributed by atoms with Crippen molar-refractivity contribution in [2.45, 2.75) is 58.4 Å². The summed E-state index contributed by atoms with van der Waals surface area (Å²) in [6.07, 6.45) is 5.74. The lowest BCUT2D eigenvalue weighted by Gasteiger charge is -2.19. The molecule has 4 heteroatoms. The first kappa shape index (κ1) is 15.1. The SMILES string of the molecule is Cc1cc(C)cc(NC(=O)C2(C(=O)NC3CCCC3)CC2)c1. The van der Waals surface area contributed by atoms with Gasteiger partial charge in [0.25, 0.3) is 0 Å². The Morgan fingerprint density at radius 3 is 2.14 bits per heavy atom. The summed E-state index contributed by atoms with van der Waals surface area (Å²) in [5, 5.41) is 6.00. The number of hydrogen-bond acceptors (Lipinski definition) is 2. The molecule has 0 spiro atoms. The number of aryl methyl sites for hydroxylation is 2. The van der Waals surface area contributed by atoms with Gasteiger partial charge in [0, 0.05) is 11.7 Å². The molecule has 0 aromatic heterocycles. The van der Waals surface area contributed by atoms with Gasteiger partial charge in [-0.05, 0) is 62.8 Å². The van der Waals surface area contributed by atoms with E-state index in [9.17, 15) is 9.59 Å². The zero-order valence-electron chi connectivity index (χ0n) is 13.4. The quantitative estimate of drug-likeness (QED) is 0.840. The molecule has 4 nitrogen and oxygen atoms in total. The molecular weight excluding hydrogens is 276 g/mol. The summed E-state index contributed by atoms with van der Waals surface area (Å²) >= 11 is 0. The molecular formula is C18H24N2O2. The van der Waals surface area contributed by atoms with E-state index in [0.717, 1.165) is 29.7 Å². The van der Waals surface area contributed by atoms with Crippen LogP contribution in [0.3, 0.4) is 0 Å². The van der Waals surface area contributed by atoms with Crippen molar-refractivity contribution in [3.8, 4) is 0 Å². The van der Waals surface area contributed by atoms with Gasteiger partial charge in [0.1, 0.15) is 5.41 Å². The van der Waals surface area contributed by atoms with Crippen LogP contribution in [0.5, 0.6) is 0 Å². The minimum atomic E-state index is -0.833. The van der Waals surface area contributed by atoms with Gasteiger partial charge in [-0.25, -0.2) is 0 Å². The first-order valence-electron chi connectivity index (χ1n) is 8.20. The largest absolute Gasteiger partial charge is 0.352 e. The molecule has 0 bridgehead atoms. The van der Waals surface area contributed by atoms with Crippen LogP contribution in [0.4, 0.5) is 5.69 Å². The molecule has 0 saturated heterocycles. The van der Waals surface area contributed by atoms with Crippen LogP contribution in [0.25, 0.3) is 0 Å². The van der Waals surface area contributed by atoms with Gasteiger partial charge in [-0.3, -0.25) is 9.59 Å². The fourth-order valence-electron chi connectivity index (χ4n) is 3.37. The van der Waals surface area contributed by atoms with Crippen molar-refractivity contribution in [3.63, 3.8) is 0 Å². The van der Waals surface area contributed by atoms with E-state index in [-0.39, 0.29) is 17.9 Å². The molecule has 0 radical (unpaired) electrons. The van der Waals surface area contributed by atoms with Crippen molar-refractivity contribution in [2.24, 2.45) is 5.41 Å². The van der Waals surface area contributed by atoms with Gasteiger partial charge >= 0.3 is 0 Å². The van der Waals surface area contributed by atoms with Crippen molar-refractivity contribution in [3.05, 3.63) is 29.3 Å². The molecule has 2 fully saturated rings. The van der Waals surface area contributed by atoms with E-state index in [1.807, 2.05) is 26.0 Å². The Bertz CT molecular complexity index is 579. The van der Waals surface area contributed by atoms with Gasteiger partial charge < -0.3 is 10.6 Å². The molecule has 0 atom stereocenters. The standard InChI is InChI=1S/C18H24N2O2/c1-12-9-13(2)11-15(10-12)20-17(22)18(7-8-18)16(21)19-14-5-3-4-6-14/h9-11,14H,3-8H2,1-2H3,(H,19,21)(H,20,22). The molecule has 2 aliphatic carbocycles. The van der Waals surface area contributed by atoms with Gasteiger partial charge in [0.15, 0.2) is 0 Å². The Morgan fingerprint density at radius 1 is 1.00 bits per heavy atom. The molecule has 0 unspecified atom stereocenters. The van der Waals surface area contributed by atoms with Crippen LogP contribution in [0.1, 0.15) is 49.7 Å². The zero-order valence-corrected chi connectivity index (χ0v) is 13.4. The van der Waals surface area contributed by atoms with Crippen molar-refractivity contribution < 1.29 is 9.59 Å². The summed E-state index contributed by atoms with van der Waals surface area (Å²) in [4.78, 5) is 25.0. The molecule has 1 aromatic rings. The highest BCUT2D eigenvalue weighted by Crippen LogP contribution is 2.47. The van der Waals surface area contributed by atoms with E-state index in [4.69, 9.17) is 0 Å². The molecule has 3 rings (SSSR count). The minimum Gasteiger partial charge on any atom is -0.352 e. The number of carbonyl (C=O) groups is 2. The predicted octanol–water partition coefficient (Wildman–Crippen LogP) is 3.08. The van der Waals surface area contributed by atoms with Crippen molar-refractivity contribution in [1.82, 2.24) is 5.32 Å². The number of rotatable bonds is 4. The smallest absolute Gasteiger partial charge is 0.240 e. The van der Waals surface area contributed by atoms with Crippen molar-refractivity contribution >= 4 is 17.5 Å². The lowest BCUT2D eigenvalue weighted by molar-refractivity contribution is -0.134. The third-order valence-electron chi connectivity index (χ3n) is 4.79. The summed E-state index contributed by atoms with van der Waals surface area (Å²) in [5.74, 6) is -0.241. The molecule has 0 heterocycles. The second-order valence-corrected chi connectivity index (χ2v) is 6.87. The average Bonchev–Trinajstić information content (AvgIpc) is 3.11. The number of amides is 2. The molecule has 1 aromatic carbocycles. The predicted molar refractivity (Wildman–Crippen MR) is 86.6 cm³/mol. The first-order chi connectivity index (χ1) is 10.5. The van der Waals surface area contributed by atoms with E-state index in [1.54, 1.807) is 0 Å². The Balaban J connectivity index is 1.66. The highest BCUT2D eigenvalue weighted by molar-refractivity contribution is 6.13. The highest BCUT2D eigenvalue weighted by Gasteiger charge is 2.56. The lowest BCUT2D eigenvalue weighted by Crippen LogP contribution is -2.43. The van der Waals surface area contributed by atoms with Gasteiger partial charge in [-0.2, -0.15) is 0 Å². The molecule has 0 aliphatic heterocycles. The van der Waals surface area contributed by atoms with Crippen LogP contribution < -0.4 is 10.6 Å². The fraction of sp³-hybridized carbons (Fsp3) is 0.556. The maximum absolute atomic E-state index is 12.6. The number of hydrogen-bond donors (Lipinski definition) is 2. The van der Waals surface area contributed by atoms with E-state index in [2.05, 4.69) is 16.7 Å². The molecule has 22 heavy (non-hydrogen) atoms. The van der Waals surface area contributed by atoms with Gasteiger partial charge in [-0.1, -0.05) is 18.9 Å². The summed E-state index contributed by atoms with van der Waals surface area (Å²) in [7, 11) is 0. The van der Waals surface area contributed by atoms with E-state index >= 15 is 0 Å². The van der Waals surface area contributed by atoms with E-state index in [1.165, 1.54) is 12.8 Å². The Hall–Kier alpha value is -1.84. The third-order valence-corrected chi connectivity index (χ3v) is 4.79. The number of anilines is 1. The average molecular weight is 300 g/mol. The van der Waals surface area contributed by atoms with Crippen LogP contribution in [-0.2, 0) is 9.59 Å². The Kier molecular flexibility index (Phi) is 3.94. The van der Waals surface area contributed by atoms with Gasteiger partial charge in [0.2, 0.25) is 11.8 Å². The second-order valence-electron chi connectivity index (χ2n) is 6.87. The monoisotopic (exact) mass is 300 g/mol. The van der Waals surface area contributed by atoms with E-state index in [0.29, 0.717) is 12.8 Å². The maximum atomic E-state index is 12.6. The number of carbonyl (C=O) groups excluding carboxylic acids is 2. The van der Waals surface area contributed by atoms with Crippen LogP contribution in [0.2, 0.25) is 0 Å². The molecule has 2 aliphatic rings. The molecule has 118 valence electrons. The normalized spacial score (nSPS) is 19.7. The van der Waals surface area contributed by atoms with E-state index < -0.39 is 5.41 Å². The molecule has 2 amide bonds. The summed E-state index contributed by atoms with van der Waals surface area (Å²) in [6, 6.07) is 6.21. The summed E-state index contributed by atoms with van der Waals surface area (Å²) < 4.78 is 0. The third kappa shape index (κ3) is 3.01. The summed E-state index contributed by atoms with van der Waals surface area (Å²) in [6.45, 7) is 4.00. The van der Waals surface area contributed by atoms with Crippen molar-refractivity contribution in [1.29, 1.82) is 0 Å². The molecule has 2 saturated carbocycles. The highest BCUT2D eigenvalue weighted by atomic mass is 16.2. The second kappa shape index (κ2) is 5.75. The van der Waals surface area contributed by atoms with Crippen LogP contribution in [-0.4, -0.2) is 17.9 Å². The number of benzene rings is 1. The van der Waals surface area contributed by atoms with Gasteiger partial charge in [-0.15, -0.1) is 0 Å². The zero-order chi connectivity index (χ0) is 15.7. The van der Waals surface area contributed by atoms with Crippen LogP contribution in [0.15, 0.2) is 18.2 Å². The summed E-state index contributed by atoms with van der Waals surface area (Å²) in [5.41, 5.74) is 2.16. The van der Waals surface area contributed by atoms with Crippen molar-refractivity contribution in [2.75, 3.05) is 5.32 Å². The minimum absolute atomic E-state index is 0.0822. The Labute approximate surface area is 131 Å². The van der Waals surface area contributed by atoms with Crippen LogP contribution in [0, 0.1) is 19.3 Å². The fourth-order valence-corrected chi connectivity index (χ4v) is 3.37. The lowest BCUT2D eigenvalue weighted by atomic mass is 10.0. The molecule has 2 N–H and O–H groups in total. The Morgan fingerprint density at radius 2 is 1.59 bits per heavy atom. The number of nitrogens with one attached hydrogen (secondary N) is 2.